The van der Waals surface area contributed by atoms with E-state index in [2.05, 4.69) is 28.4 Å². The standard InChI is InChI=1S/C23H20ClFN4O2.C20H18FN5O/c24-17-3-6-20-19(11-17)29(15-27)13-21(31-20)22(30)28-9-7-23(14-26,8-10-28)12-16-1-4-18(25)5-2-16;21-16-4-2-15(3-5-16)12-20(14-22)6-10-25(11-7-20)19(27)17-13-24-26-9-1-8-23-18(17)26/h1-6,11,21H,7-10,12-13H2;1-5,8-9,13H,6-7,10-12H2. The first-order valence-corrected chi connectivity index (χ1v) is 19.2. The first-order chi connectivity index (χ1) is 28.0. The SMILES string of the molecule is N#CC1(Cc2ccc(F)cc2)CCN(C(=O)c2cnn3cccnc23)CC1.N#CN1CC(C(=O)N2CCC(C#N)(Cc3ccc(F)cc3)CC2)Oc2ccc(Cl)cc21. The molecule has 2 amide bonds. The highest BCUT2D eigenvalue weighted by atomic mass is 35.5. The molecule has 8 rings (SSSR count). The fourth-order valence-electron chi connectivity index (χ4n) is 7.77. The number of carbonyl (C=O) groups is 2. The van der Waals surface area contributed by atoms with Crippen molar-refractivity contribution in [2.24, 2.45) is 10.8 Å². The van der Waals surface area contributed by atoms with E-state index in [1.807, 2.05) is 0 Å². The maximum absolute atomic E-state index is 13.2. The molecule has 5 heterocycles. The number of benzene rings is 3. The van der Waals surface area contributed by atoms with Gasteiger partial charge in [-0.05, 0) is 98.2 Å². The molecule has 15 heteroatoms. The molecule has 0 bridgehead atoms. The molecule has 0 radical (unpaired) electrons. The van der Waals surface area contributed by atoms with E-state index in [0.29, 0.717) is 92.4 Å². The Morgan fingerprint density at radius 2 is 1.40 bits per heavy atom. The monoisotopic (exact) mass is 801 g/mol. The molecule has 58 heavy (non-hydrogen) atoms. The van der Waals surface area contributed by atoms with E-state index in [4.69, 9.17) is 16.3 Å². The Kier molecular flexibility index (Phi) is 11.6. The molecule has 2 saturated heterocycles. The molecule has 5 aromatic rings. The van der Waals surface area contributed by atoms with Gasteiger partial charge in [0.05, 0.1) is 41.4 Å². The van der Waals surface area contributed by atoms with Gasteiger partial charge in [-0.2, -0.15) is 20.9 Å². The number of halogens is 3. The molecular weight excluding hydrogens is 764 g/mol. The summed E-state index contributed by atoms with van der Waals surface area (Å²) in [4.78, 5) is 35.1. The Morgan fingerprint density at radius 1 is 0.828 bits per heavy atom. The molecule has 294 valence electrons. The highest BCUT2D eigenvalue weighted by Gasteiger charge is 2.41. The lowest BCUT2D eigenvalue weighted by atomic mass is 9.75. The number of piperidine rings is 2. The summed E-state index contributed by atoms with van der Waals surface area (Å²) in [6.07, 6.45) is 9.48. The Balaban J connectivity index is 0.000000178. The zero-order valence-electron chi connectivity index (χ0n) is 31.4. The molecule has 2 fully saturated rings. The van der Waals surface area contributed by atoms with Gasteiger partial charge in [0.1, 0.15) is 22.9 Å². The van der Waals surface area contributed by atoms with Crippen molar-refractivity contribution < 1.29 is 23.1 Å². The van der Waals surface area contributed by atoms with E-state index in [9.17, 15) is 34.2 Å². The van der Waals surface area contributed by atoms with Crippen LogP contribution in [0, 0.1) is 56.6 Å². The van der Waals surface area contributed by atoms with Crippen molar-refractivity contribution in [3.8, 4) is 24.1 Å². The first kappa shape index (κ1) is 39.7. The molecule has 3 aliphatic heterocycles. The molecule has 1 atom stereocenters. The van der Waals surface area contributed by atoms with Crippen molar-refractivity contribution in [2.75, 3.05) is 37.6 Å². The molecule has 2 aromatic heterocycles. The van der Waals surface area contributed by atoms with E-state index in [0.717, 1.165) is 11.1 Å². The zero-order chi connectivity index (χ0) is 40.9. The largest absolute Gasteiger partial charge is 0.476 e. The summed E-state index contributed by atoms with van der Waals surface area (Å²) in [5.74, 6) is -0.466. The number of nitriles is 3. The highest BCUT2D eigenvalue weighted by Crippen LogP contribution is 2.38. The van der Waals surface area contributed by atoms with E-state index < -0.39 is 16.9 Å². The topological polar surface area (TPSA) is 155 Å². The Labute approximate surface area is 339 Å². The lowest BCUT2D eigenvalue weighted by Gasteiger charge is -2.40. The van der Waals surface area contributed by atoms with E-state index >= 15 is 0 Å². The van der Waals surface area contributed by atoms with Gasteiger partial charge in [-0.1, -0.05) is 35.9 Å². The molecule has 0 spiro atoms. The zero-order valence-corrected chi connectivity index (χ0v) is 32.2. The molecule has 0 N–H and O–H groups in total. The van der Waals surface area contributed by atoms with Gasteiger partial charge >= 0.3 is 0 Å². The van der Waals surface area contributed by atoms with Gasteiger partial charge in [0.2, 0.25) is 0 Å². The summed E-state index contributed by atoms with van der Waals surface area (Å²) in [5, 5.41) is 33.7. The van der Waals surface area contributed by atoms with Crippen molar-refractivity contribution in [1.29, 1.82) is 15.8 Å². The average Bonchev–Trinajstić information content (AvgIpc) is 3.69. The van der Waals surface area contributed by atoms with Gasteiger partial charge in [0.25, 0.3) is 11.8 Å². The number of aromatic nitrogens is 3. The van der Waals surface area contributed by atoms with E-state index in [-0.39, 0.29) is 30.0 Å². The summed E-state index contributed by atoms with van der Waals surface area (Å²) in [6, 6.07) is 24.0. The van der Waals surface area contributed by atoms with Crippen LogP contribution in [0.1, 0.15) is 47.2 Å². The number of likely N-dealkylation sites (tertiary alicyclic amines) is 2. The summed E-state index contributed by atoms with van der Waals surface area (Å²) < 4.78 is 33.7. The van der Waals surface area contributed by atoms with Crippen LogP contribution < -0.4 is 9.64 Å². The van der Waals surface area contributed by atoms with Gasteiger partial charge in [-0.3, -0.25) is 14.5 Å². The number of anilines is 1. The van der Waals surface area contributed by atoms with Crippen molar-refractivity contribution in [3.63, 3.8) is 0 Å². The summed E-state index contributed by atoms with van der Waals surface area (Å²) in [7, 11) is 0. The molecule has 3 aromatic carbocycles. The minimum atomic E-state index is -0.806. The molecule has 0 saturated carbocycles. The van der Waals surface area contributed by atoms with E-state index in [1.165, 1.54) is 35.4 Å². The van der Waals surface area contributed by atoms with Crippen LogP contribution in [0.5, 0.6) is 5.75 Å². The fourth-order valence-corrected chi connectivity index (χ4v) is 7.93. The average molecular weight is 802 g/mol. The maximum atomic E-state index is 13.2. The molecule has 3 aliphatic rings. The van der Waals surface area contributed by atoms with Crippen LogP contribution in [0.2, 0.25) is 5.02 Å². The van der Waals surface area contributed by atoms with Gasteiger partial charge in [-0.25, -0.2) is 18.3 Å². The van der Waals surface area contributed by atoms with Crippen molar-refractivity contribution >= 4 is 34.7 Å². The number of fused-ring (bicyclic) bond motifs is 2. The molecule has 0 aliphatic carbocycles. The van der Waals surface area contributed by atoms with Gasteiger partial charge < -0.3 is 14.5 Å². The van der Waals surface area contributed by atoms with Crippen LogP contribution in [0.3, 0.4) is 0 Å². The predicted molar refractivity (Wildman–Crippen MR) is 209 cm³/mol. The number of hydrogen-bond donors (Lipinski definition) is 0. The summed E-state index contributed by atoms with van der Waals surface area (Å²) >= 11 is 6.01. The Hall–Kier alpha value is -6.56. The first-order valence-electron chi connectivity index (χ1n) is 18.8. The number of amides is 2. The predicted octanol–water partition coefficient (Wildman–Crippen LogP) is 6.76. The Morgan fingerprint density at radius 3 is 1.95 bits per heavy atom. The number of hydrogen-bond acceptors (Lipinski definition) is 9. The molecular formula is C43H38ClF2N9O3. The third-order valence-corrected chi connectivity index (χ3v) is 11.4. The fraction of sp³-hybridized carbons (Fsp3) is 0.326. The minimum Gasteiger partial charge on any atom is -0.476 e. The number of carbonyl (C=O) groups excluding carboxylic acids is 2. The maximum Gasteiger partial charge on any atom is 0.265 e. The second kappa shape index (κ2) is 16.9. The lowest BCUT2D eigenvalue weighted by molar-refractivity contribution is -0.140. The molecule has 1 unspecified atom stereocenters. The van der Waals surface area contributed by atoms with Crippen LogP contribution in [0.4, 0.5) is 14.5 Å². The second-order valence-electron chi connectivity index (χ2n) is 14.9. The van der Waals surface area contributed by atoms with Gasteiger partial charge in [0, 0.05) is 43.6 Å². The van der Waals surface area contributed by atoms with Crippen LogP contribution >= 0.6 is 11.6 Å². The second-order valence-corrected chi connectivity index (χ2v) is 15.3. The van der Waals surface area contributed by atoms with Crippen LogP contribution in [0.15, 0.2) is 91.4 Å². The Bertz CT molecular complexity index is 2420. The number of rotatable bonds is 6. The quantitative estimate of drug-likeness (QED) is 0.170. The lowest BCUT2D eigenvalue weighted by Crippen LogP contribution is -2.52. The summed E-state index contributed by atoms with van der Waals surface area (Å²) in [5.41, 5.74) is 2.26. The van der Waals surface area contributed by atoms with E-state index in [1.54, 1.807) is 75.2 Å². The third-order valence-electron chi connectivity index (χ3n) is 11.2. The minimum absolute atomic E-state index is 0.109. The van der Waals surface area contributed by atoms with Crippen molar-refractivity contribution in [3.05, 3.63) is 125 Å². The third kappa shape index (κ3) is 8.56. The molecule has 12 nitrogen and oxygen atoms in total. The van der Waals surface area contributed by atoms with Gasteiger partial charge in [0.15, 0.2) is 17.9 Å². The van der Waals surface area contributed by atoms with Crippen LogP contribution in [-0.2, 0) is 17.6 Å². The normalized spacial score (nSPS) is 18.0. The number of ether oxygens (including phenoxy) is 1. The van der Waals surface area contributed by atoms with Crippen LogP contribution in [-0.4, -0.2) is 75.0 Å². The van der Waals surface area contributed by atoms with Crippen molar-refractivity contribution in [2.45, 2.75) is 44.6 Å². The number of nitrogens with zero attached hydrogens (tertiary/aromatic N) is 9. The van der Waals surface area contributed by atoms with Crippen LogP contribution in [0.25, 0.3) is 5.65 Å². The smallest absolute Gasteiger partial charge is 0.265 e. The van der Waals surface area contributed by atoms with Crippen molar-refractivity contribution in [1.82, 2.24) is 24.4 Å². The highest BCUT2D eigenvalue weighted by molar-refractivity contribution is 6.31. The van der Waals surface area contributed by atoms with Gasteiger partial charge in [-0.15, -0.1) is 0 Å². The summed E-state index contributed by atoms with van der Waals surface area (Å²) in [6.45, 7) is 1.95.